The zero-order valence-corrected chi connectivity index (χ0v) is 13.7. The molecule has 1 aromatic heterocycles. The lowest BCUT2D eigenvalue weighted by Crippen LogP contribution is -2.40. The highest BCUT2D eigenvalue weighted by Crippen LogP contribution is 2.24. The van der Waals surface area contributed by atoms with Gasteiger partial charge in [0.2, 0.25) is 6.54 Å². The highest BCUT2D eigenvalue weighted by molar-refractivity contribution is 7.98. The van der Waals surface area contributed by atoms with E-state index in [-0.39, 0.29) is 5.91 Å². The van der Waals surface area contributed by atoms with Crippen molar-refractivity contribution >= 4 is 23.4 Å². The largest absolute Gasteiger partial charge is 0.320 e. The van der Waals surface area contributed by atoms with Gasteiger partial charge in [-0.15, -0.1) is 11.8 Å². The van der Waals surface area contributed by atoms with Crippen LogP contribution in [0.15, 0.2) is 47.6 Å². The van der Waals surface area contributed by atoms with Crippen LogP contribution in [0.4, 0.5) is 5.69 Å². The zero-order chi connectivity index (χ0) is 15.4. The van der Waals surface area contributed by atoms with Gasteiger partial charge in [-0.2, -0.15) is 4.57 Å². The van der Waals surface area contributed by atoms with Crippen molar-refractivity contribution in [2.75, 3.05) is 11.6 Å². The summed E-state index contributed by atoms with van der Waals surface area (Å²) < 4.78 is 1.99. The van der Waals surface area contributed by atoms with Gasteiger partial charge in [-0.1, -0.05) is 12.1 Å². The van der Waals surface area contributed by atoms with Gasteiger partial charge in [0.05, 0.1) is 5.69 Å². The molecule has 0 bridgehead atoms. The van der Waals surface area contributed by atoms with Crippen LogP contribution >= 0.6 is 11.8 Å². The monoisotopic (exact) mass is 313 g/mol. The number of thioether (sulfide) groups is 1. The highest BCUT2D eigenvalue weighted by Gasteiger charge is 2.16. The molecule has 0 spiro atoms. The van der Waals surface area contributed by atoms with E-state index in [4.69, 9.17) is 0 Å². The SMILES string of the molecule is CSc1ccccc1NC(=O)C[n+]1ccc2c(c1)CCCC2. The normalized spacial score (nSPS) is 13.5. The smallest absolute Gasteiger partial charge is 0.290 e. The third-order valence-corrected chi connectivity index (χ3v) is 4.85. The number of fused-ring (bicyclic) bond motifs is 1. The molecule has 0 unspecified atom stereocenters. The molecule has 2 aromatic rings. The average Bonchev–Trinajstić information content (AvgIpc) is 2.55. The summed E-state index contributed by atoms with van der Waals surface area (Å²) in [4.78, 5) is 13.4. The summed E-state index contributed by atoms with van der Waals surface area (Å²) in [6.07, 6.45) is 11.0. The lowest BCUT2D eigenvalue weighted by molar-refractivity contribution is -0.684. The Morgan fingerprint density at radius 2 is 1.95 bits per heavy atom. The number of pyridine rings is 1. The Balaban J connectivity index is 1.69. The number of hydrogen-bond acceptors (Lipinski definition) is 2. The maximum Gasteiger partial charge on any atom is 0.290 e. The number of benzene rings is 1. The zero-order valence-electron chi connectivity index (χ0n) is 12.8. The standard InChI is InChI=1S/C18H20N2OS/c1-22-17-9-5-4-8-16(17)19-18(21)13-20-11-10-14-6-2-3-7-15(14)12-20/h4-5,8-12H,2-3,6-7,13H2,1H3/p+1. The molecule has 0 aliphatic heterocycles. The predicted molar refractivity (Wildman–Crippen MR) is 90.1 cm³/mol. The Labute approximate surface area is 135 Å². The van der Waals surface area contributed by atoms with Crippen LogP contribution in [-0.4, -0.2) is 12.2 Å². The summed E-state index contributed by atoms with van der Waals surface area (Å²) >= 11 is 1.64. The molecule has 0 fully saturated rings. The number of rotatable bonds is 4. The van der Waals surface area contributed by atoms with Gasteiger partial charge in [0.25, 0.3) is 5.91 Å². The van der Waals surface area contributed by atoms with E-state index in [1.807, 2.05) is 41.3 Å². The van der Waals surface area contributed by atoms with Crippen molar-refractivity contribution in [2.24, 2.45) is 0 Å². The lowest BCUT2D eigenvalue weighted by atomic mass is 9.93. The van der Waals surface area contributed by atoms with Crippen molar-refractivity contribution in [3.63, 3.8) is 0 Å². The Kier molecular flexibility index (Phi) is 4.78. The Hall–Kier alpha value is -1.81. The Morgan fingerprint density at radius 3 is 2.77 bits per heavy atom. The number of carbonyl (C=O) groups is 1. The lowest BCUT2D eigenvalue weighted by Gasteiger charge is -2.13. The predicted octanol–water partition coefficient (Wildman–Crippen LogP) is 3.21. The van der Waals surface area contributed by atoms with Gasteiger partial charge in [-0.25, -0.2) is 0 Å². The molecular formula is C18H21N2OS+. The third kappa shape index (κ3) is 3.50. The second-order valence-corrected chi connectivity index (χ2v) is 6.47. The minimum absolute atomic E-state index is 0.0160. The van der Waals surface area contributed by atoms with E-state index in [0.29, 0.717) is 6.54 Å². The first-order valence-electron chi connectivity index (χ1n) is 7.70. The average molecular weight is 313 g/mol. The molecule has 114 valence electrons. The number of para-hydroxylation sites is 1. The summed E-state index contributed by atoms with van der Waals surface area (Å²) in [7, 11) is 0. The van der Waals surface area contributed by atoms with Crippen LogP contribution in [0.3, 0.4) is 0 Å². The van der Waals surface area contributed by atoms with Crippen LogP contribution in [0.5, 0.6) is 0 Å². The molecule has 0 atom stereocenters. The van der Waals surface area contributed by atoms with Crippen LogP contribution in [-0.2, 0) is 24.2 Å². The molecule has 3 nitrogen and oxygen atoms in total. The van der Waals surface area contributed by atoms with E-state index < -0.39 is 0 Å². The maximum atomic E-state index is 12.3. The van der Waals surface area contributed by atoms with Gasteiger partial charge in [0.15, 0.2) is 12.4 Å². The molecule has 1 aromatic carbocycles. The van der Waals surface area contributed by atoms with Crippen LogP contribution in [0, 0.1) is 0 Å². The van der Waals surface area contributed by atoms with E-state index >= 15 is 0 Å². The van der Waals surface area contributed by atoms with Gasteiger partial charge in [-0.05, 0) is 49.6 Å². The molecular weight excluding hydrogens is 292 g/mol. The van der Waals surface area contributed by atoms with E-state index in [1.165, 1.54) is 30.4 Å². The Morgan fingerprint density at radius 1 is 1.18 bits per heavy atom. The quantitative estimate of drug-likeness (QED) is 0.694. The number of anilines is 1. The fourth-order valence-electron chi connectivity index (χ4n) is 2.92. The Bertz CT molecular complexity index is 685. The minimum Gasteiger partial charge on any atom is -0.320 e. The second kappa shape index (κ2) is 6.97. The van der Waals surface area contributed by atoms with Gasteiger partial charge in [-0.3, -0.25) is 4.79 Å². The molecule has 3 rings (SSSR count). The van der Waals surface area contributed by atoms with E-state index in [9.17, 15) is 4.79 Å². The van der Waals surface area contributed by atoms with Crippen molar-refractivity contribution < 1.29 is 9.36 Å². The number of hydrogen-bond donors (Lipinski definition) is 1. The van der Waals surface area contributed by atoms with Crippen LogP contribution in [0.2, 0.25) is 0 Å². The summed E-state index contributed by atoms with van der Waals surface area (Å²) in [6, 6.07) is 10.1. The topological polar surface area (TPSA) is 33.0 Å². The molecule has 22 heavy (non-hydrogen) atoms. The molecule has 0 saturated heterocycles. The molecule has 1 aliphatic carbocycles. The first-order chi connectivity index (χ1) is 10.8. The van der Waals surface area contributed by atoms with Crippen LogP contribution < -0.4 is 9.88 Å². The summed E-state index contributed by atoms with van der Waals surface area (Å²) in [5.41, 5.74) is 3.72. The number of carbonyl (C=O) groups excluding carboxylic acids is 1. The molecule has 0 radical (unpaired) electrons. The molecule has 1 amide bonds. The van der Waals surface area contributed by atoms with Crippen molar-refractivity contribution in [3.05, 3.63) is 53.9 Å². The van der Waals surface area contributed by atoms with Crippen LogP contribution in [0.1, 0.15) is 24.0 Å². The van der Waals surface area contributed by atoms with E-state index in [1.54, 1.807) is 11.8 Å². The van der Waals surface area contributed by atoms with E-state index in [2.05, 4.69) is 17.6 Å². The van der Waals surface area contributed by atoms with Crippen LogP contribution in [0.25, 0.3) is 0 Å². The number of aryl methyl sites for hydroxylation is 2. The van der Waals surface area contributed by atoms with Gasteiger partial charge in [0.1, 0.15) is 0 Å². The molecule has 1 heterocycles. The molecule has 0 saturated carbocycles. The fourth-order valence-corrected chi connectivity index (χ4v) is 3.47. The van der Waals surface area contributed by atoms with Crippen molar-refractivity contribution in [2.45, 2.75) is 37.1 Å². The summed E-state index contributed by atoms with van der Waals surface area (Å²) in [6.45, 7) is 0.357. The van der Waals surface area contributed by atoms with Crippen molar-refractivity contribution in [3.8, 4) is 0 Å². The molecule has 4 heteroatoms. The fraction of sp³-hybridized carbons (Fsp3) is 0.333. The third-order valence-electron chi connectivity index (χ3n) is 4.05. The first kappa shape index (κ1) is 15.1. The van der Waals surface area contributed by atoms with Gasteiger partial charge >= 0.3 is 0 Å². The minimum atomic E-state index is 0.0160. The summed E-state index contributed by atoms with van der Waals surface area (Å²) in [5.74, 6) is 0.0160. The maximum absolute atomic E-state index is 12.3. The van der Waals surface area contributed by atoms with Gasteiger partial charge in [0, 0.05) is 16.5 Å². The molecule has 1 aliphatic rings. The van der Waals surface area contributed by atoms with Crippen molar-refractivity contribution in [1.29, 1.82) is 0 Å². The number of nitrogens with one attached hydrogen (secondary N) is 1. The number of amides is 1. The highest BCUT2D eigenvalue weighted by atomic mass is 32.2. The van der Waals surface area contributed by atoms with E-state index in [0.717, 1.165) is 17.0 Å². The molecule has 1 N–H and O–H groups in total. The number of nitrogens with zero attached hydrogens (tertiary/aromatic N) is 1. The van der Waals surface area contributed by atoms with Gasteiger partial charge < -0.3 is 5.32 Å². The van der Waals surface area contributed by atoms with Crippen molar-refractivity contribution in [1.82, 2.24) is 0 Å². The number of aromatic nitrogens is 1. The second-order valence-electron chi connectivity index (χ2n) is 5.62. The first-order valence-corrected chi connectivity index (χ1v) is 8.92. The summed E-state index contributed by atoms with van der Waals surface area (Å²) in [5, 5.41) is 3.01.